The molecule has 0 spiro atoms. The number of ether oxygens (including phenoxy) is 1. The number of carboxylic acids is 1. The predicted octanol–water partition coefficient (Wildman–Crippen LogP) is 1.93. The van der Waals surface area contributed by atoms with E-state index < -0.39 is 5.97 Å². The summed E-state index contributed by atoms with van der Waals surface area (Å²) in [6, 6.07) is 3.87. The minimum absolute atomic E-state index is 0.0440. The number of piperidine rings is 1. The second-order valence-corrected chi connectivity index (χ2v) is 5.54. The van der Waals surface area contributed by atoms with E-state index in [0.717, 1.165) is 31.5 Å². The Hall–Kier alpha value is -2.70. The molecule has 0 saturated carbocycles. The van der Waals surface area contributed by atoms with Crippen LogP contribution in [0.25, 0.3) is 0 Å². The quantitative estimate of drug-likeness (QED) is 0.922. The Kier molecular flexibility index (Phi) is 4.36. The van der Waals surface area contributed by atoms with E-state index in [4.69, 9.17) is 9.84 Å². The van der Waals surface area contributed by atoms with Crippen molar-refractivity contribution >= 4 is 11.8 Å². The molecule has 2 aromatic rings. The Balaban J connectivity index is 1.56. The third-order valence-corrected chi connectivity index (χ3v) is 3.80. The zero-order valence-corrected chi connectivity index (χ0v) is 12.8. The van der Waals surface area contributed by atoms with Crippen LogP contribution in [0.4, 0.5) is 5.82 Å². The highest BCUT2D eigenvalue weighted by atomic mass is 16.5. The highest BCUT2D eigenvalue weighted by molar-refractivity contribution is 5.84. The van der Waals surface area contributed by atoms with Gasteiger partial charge < -0.3 is 14.7 Å². The van der Waals surface area contributed by atoms with Crippen LogP contribution in [0, 0.1) is 6.92 Å². The smallest absolute Gasteiger partial charge is 0.356 e. The highest BCUT2D eigenvalue weighted by Gasteiger charge is 2.22. The third kappa shape index (κ3) is 3.74. The lowest BCUT2D eigenvalue weighted by Crippen LogP contribution is -2.38. The molecule has 120 valence electrons. The fourth-order valence-electron chi connectivity index (χ4n) is 2.54. The first kappa shape index (κ1) is 15.2. The van der Waals surface area contributed by atoms with Crippen LogP contribution in [0.15, 0.2) is 30.7 Å². The van der Waals surface area contributed by atoms with Gasteiger partial charge in [0.2, 0.25) is 5.88 Å². The molecule has 1 fully saturated rings. The van der Waals surface area contributed by atoms with Crippen LogP contribution in [0.1, 0.15) is 28.9 Å². The number of pyridine rings is 1. The maximum Gasteiger partial charge on any atom is 0.356 e. The van der Waals surface area contributed by atoms with Crippen molar-refractivity contribution in [3.63, 3.8) is 0 Å². The van der Waals surface area contributed by atoms with Crippen molar-refractivity contribution in [1.29, 1.82) is 0 Å². The number of carbonyl (C=O) groups is 1. The summed E-state index contributed by atoms with van der Waals surface area (Å²) in [6.45, 7) is 3.59. The van der Waals surface area contributed by atoms with Crippen LogP contribution in [0.2, 0.25) is 0 Å². The van der Waals surface area contributed by atoms with E-state index in [9.17, 15) is 4.79 Å². The minimum Gasteiger partial charge on any atom is -0.476 e. The van der Waals surface area contributed by atoms with Gasteiger partial charge in [0.25, 0.3) is 0 Å². The Labute approximate surface area is 134 Å². The van der Waals surface area contributed by atoms with Crippen molar-refractivity contribution in [3.05, 3.63) is 42.0 Å². The van der Waals surface area contributed by atoms with E-state index in [1.54, 1.807) is 6.20 Å². The summed E-state index contributed by atoms with van der Waals surface area (Å²) in [7, 11) is 0. The molecule has 0 atom stereocenters. The average Bonchev–Trinajstić information content (AvgIpc) is 2.56. The summed E-state index contributed by atoms with van der Waals surface area (Å²) in [5.74, 6) is 0.290. The van der Waals surface area contributed by atoms with Gasteiger partial charge in [-0.15, -0.1) is 0 Å². The first-order chi connectivity index (χ1) is 11.1. The van der Waals surface area contributed by atoms with E-state index in [-0.39, 0.29) is 11.8 Å². The molecule has 1 N–H and O–H groups in total. The summed E-state index contributed by atoms with van der Waals surface area (Å²) < 4.78 is 5.92. The average molecular weight is 314 g/mol. The SMILES string of the molecule is Cc1ccnc(OC2CCN(c3cnc(C(=O)O)cn3)CC2)c1. The van der Waals surface area contributed by atoms with Crippen LogP contribution in [-0.2, 0) is 0 Å². The predicted molar refractivity (Wildman–Crippen MR) is 83.8 cm³/mol. The molecule has 0 aliphatic carbocycles. The van der Waals surface area contributed by atoms with Gasteiger partial charge in [0, 0.05) is 38.2 Å². The van der Waals surface area contributed by atoms with E-state index >= 15 is 0 Å². The maximum absolute atomic E-state index is 10.8. The molecule has 7 nitrogen and oxygen atoms in total. The fourth-order valence-corrected chi connectivity index (χ4v) is 2.54. The van der Waals surface area contributed by atoms with Gasteiger partial charge in [-0.3, -0.25) is 0 Å². The summed E-state index contributed by atoms with van der Waals surface area (Å²) in [4.78, 5) is 25.2. The van der Waals surface area contributed by atoms with E-state index in [1.165, 1.54) is 12.4 Å². The second kappa shape index (κ2) is 6.60. The lowest BCUT2D eigenvalue weighted by molar-refractivity contribution is 0.0690. The number of hydrogen-bond acceptors (Lipinski definition) is 6. The Bertz CT molecular complexity index is 682. The number of aryl methyl sites for hydroxylation is 1. The summed E-state index contributed by atoms with van der Waals surface area (Å²) in [5, 5.41) is 8.84. The molecule has 3 rings (SSSR count). The summed E-state index contributed by atoms with van der Waals surface area (Å²) in [6.07, 6.45) is 6.39. The number of aromatic carboxylic acids is 1. The zero-order chi connectivity index (χ0) is 16.2. The van der Waals surface area contributed by atoms with Crippen LogP contribution < -0.4 is 9.64 Å². The highest BCUT2D eigenvalue weighted by Crippen LogP contribution is 2.21. The van der Waals surface area contributed by atoms with Crippen LogP contribution in [0.5, 0.6) is 5.88 Å². The zero-order valence-electron chi connectivity index (χ0n) is 12.8. The third-order valence-electron chi connectivity index (χ3n) is 3.80. The Morgan fingerprint density at radius 2 is 2.04 bits per heavy atom. The second-order valence-electron chi connectivity index (χ2n) is 5.54. The fraction of sp³-hybridized carbons (Fsp3) is 0.375. The molecule has 3 heterocycles. The van der Waals surface area contributed by atoms with Crippen molar-refractivity contribution < 1.29 is 14.6 Å². The van der Waals surface area contributed by atoms with Gasteiger partial charge in [-0.05, 0) is 18.6 Å². The van der Waals surface area contributed by atoms with Gasteiger partial charge in [0.15, 0.2) is 5.69 Å². The first-order valence-corrected chi connectivity index (χ1v) is 7.51. The minimum atomic E-state index is -1.07. The number of anilines is 1. The van der Waals surface area contributed by atoms with Gasteiger partial charge in [0.05, 0.1) is 12.4 Å². The molecule has 0 unspecified atom stereocenters. The van der Waals surface area contributed by atoms with Gasteiger partial charge in [-0.25, -0.2) is 19.7 Å². The molecular formula is C16H18N4O3. The lowest BCUT2D eigenvalue weighted by atomic mass is 10.1. The summed E-state index contributed by atoms with van der Waals surface area (Å²) >= 11 is 0. The van der Waals surface area contributed by atoms with Gasteiger partial charge in [-0.1, -0.05) is 0 Å². The van der Waals surface area contributed by atoms with E-state index in [2.05, 4.69) is 19.9 Å². The van der Waals surface area contributed by atoms with E-state index in [0.29, 0.717) is 11.7 Å². The molecule has 0 aromatic carbocycles. The largest absolute Gasteiger partial charge is 0.476 e. The molecule has 0 radical (unpaired) electrons. The number of hydrogen-bond donors (Lipinski definition) is 1. The molecule has 1 saturated heterocycles. The molecule has 0 bridgehead atoms. The van der Waals surface area contributed by atoms with Crippen LogP contribution >= 0.6 is 0 Å². The van der Waals surface area contributed by atoms with Crippen LogP contribution in [0.3, 0.4) is 0 Å². The van der Waals surface area contributed by atoms with Gasteiger partial charge in [-0.2, -0.15) is 0 Å². The van der Waals surface area contributed by atoms with Gasteiger partial charge in [0.1, 0.15) is 11.9 Å². The van der Waals surface area contributed by atoms with Crippen molar-refractivity contribution in [2.24, 2.45) is 0 Å². The van der Waals surface area contributed by atoms with Crippen LogP contribution in [-0.4, -0.2) is 45.2 Å². The monoisotopic (exact) mass is 314 g/mol. The number of aromatic nitrogens is 3. The molecule has 0 amide bonds. The molecule has 1 aliphatic rings. The molecule has 2 aromatic heterocycles. The number of nitrogens with zero attached hydrogens (tertiary/aromatic N) is 4. The van der Waals surface area contributed by atoms with Crippen molar-refractivity contribution in [2.75, 3.05) is 18.0 Å². The van der Waals surface area contributed by atoms with E-state index in [1.807, 2.05) is 19.1 Å². The Morgan fingerprint density at radius 1 is 1.26 bits per heavy atom. The summed E-state index contributed by atoms with van der Waals surface area (Å²) in [5.41, 5.74) is 1.08. The van der Waals surface area contributed by atoms with Gasteiger partial charge >= 0.3 is 5.97 Å². The van der Waals surface area contributed by atoms with Crippen molar-refractivity contribution in [1.82, 2.24) is 15.0 Å². The lowest BCUT2D eigenvalue weighted by Gasteiger charge is -2.32. The standard InChI is InChI=1S/C16H18N4O3/c1-11-2-5-17-15(8-11)23-12-3-6-20(7-4-12)14-10-18-13(9-19-14)16(21)22/h2,5,8-10,12H,3-4,6-7H2,1H3,(H,21,22). The van der Waals surface area contributed by atoms with Crippen molar-refractivity contribution in [3.8, 4) is 5.88 Å². The topological polar surface area (TPSA) is 88.4 Å². The number of carboxylic acid groups (broad SMARTS) is 1. The maximum atomic E-state index is 10.8. The van der Waals surface area contributed by atoms with Crippen molar-refractivity contribution in [2.45, 2.75) is 25.9 Å². The normalized spacial score (nSPS) is 15.4. The Morgan fingerprint density at radius 3 is 2.65 bits per heavy atom. The first-order valence-electron chi connectivity index (χ1n) is 7.51. The molecule has 23 heavy (non-hydrogen) atoms. The molecular weight excluding hydrogens is 296 g/mol. The molecule has 1 aliphatic heterocycles. The number of rotatable bonds is 4. The molecule has 7 heteroatoms.